The highest BCUT2D eigenvalue weighted by Crippen LogP contribution is 2.20. The minimum absolute atomic E-state index is 0.138. The zero-order valence-electron chi connectivity index (χ0n) is 8.97. The number of esters is 1. The molecule has 88 valence electrons. The van der Waals surface area contributed by atoms with Crippen LogP contribution < -0.4 is 5.32 Å². The Bertz CT molecular complexity index is 401. The third kappa shape index (κ3) is 2.69. The van der Waals surface area contributed by atoms with Gasteiger partial charge in [-0.15, -0.1) is 0 Å². The summed E-state index contributed by atoms with van der Waals surface area (Å²) in [6.07, 6.45) is 1.47. The molecule has 0 saturated carbocycles. The fourth-order valence-corrected chi connectivity index (χ4v) is 1.14. The Morgan fingerprint density at radius 3 is 3.00 bits per heavy atom. The van der Waals surface area contributed by atoms with E-state index in [1.54, 1.807) is 7.05 Å². The van der Waals surface area contributed by atoms with Crippen LogP contribution >= 0.6 is 0 Å². The van der Waals surface area contributed by atoms with Crippen LogP contribution in [-0.4, -0.2) is 34.1 Å². The number of aryl methyl sites for hydroxylation is 1. The number of imidazole rings is 1. The van der Waals surface area contributed by atoms with Gasteiger partial charge in [0.25, 0.3) is 0 Å². The summed E-state index contributed by atoms with van der Waals surface area (Å²) in [5, 5.41) is 13.4. The van der Waals surface area contributed by atoms with Crippen LogP contribution in [0.1, 0.15) is 6.42 Å². The van der Waals surface area contributed by atoms with E-state index in [0.29, 0.717) is 0 Å². The summed E-state index contributed by atoms with van der Waals surface area (Å²) in [5.74, 6) is -0.362. The third-order valence-corrected chi connectivity index (χ3v) is 1.94. The Labute approximate surface area is 91.4 Å². The van der Waals surface area contributed by atoms with Gasteiger partial charge in [0, 0.05) is 13.6 Å². The average molecular weight is 228 g/mol. The minimum atomic E-state index is -0.583. The van der Waals surface area contributed by atoms with E-state index in [-0.39, 0.29) is 30.6 Å². The van der Waals surface area contributed by atoms with Gasteiger partial charge in [-0.2, -0.15) is 0 Å². The quantitative estimate of drug-likeness (QED) is 0.442. The first-order valence-corrected chi connectivity index (χ1v) is 4.52. The lowest BCUT2D eigenvalue weighted by Crippen LogP contribution is -2.12. The van der Waals surface area contributed by atoms with Gasteiger partial charge in [-0.05, 0) is 9.91 Å². The molecule has 0 aliphatic carbocycles. The number of carbonyl (C=O) groups is 1. The van der Waals surface area contributed by atoms with E-state index in [9.17, 15) is 14.9 Å². The van der Waals surface area contributed by atoms with Gasteiger partial charge in [0.15, 0.2) is 0 Å². The molecule has 0 bridgehead atoms. The number of ether oxygens (including phenoxy) is 1. The highest BCUT2D eigenvalue weighted by Gasteiger charge is 2.19. The highest BCUT2D eigenvalue weighted by atomic mass is 16.6. The second-order valence-corrected chi connectivity index (χ2v) is 3.04. The van der Waals surface area contributed by atoms with E-state index < -0.39 is 4.92 Å². The van der Waals surface area contributed by atoms with Crippen LogP contribution in [0.25, 0.3) is 0 Å². The molecule has 1 N–H and O–H groups in total. The molecule has 0 unspecified atom stereocenters. The molecule has 0 saturated heterocycles. The summed E-state index contributed by atoms with van der Waals surface area (Å²) in [6, 6.07) is 0. The van der Waals surface area contributed by atoms with Crippen molar-refractivity contribution in [3.8, 4) is 0 Å². The fourth-order valence-electron chi connectivity index (χ4n) is 1.14. The van der Waals surface area contributed by atoms with Crippen LogP contribution in [0.2, 0.25) is 0 Å². The highest BCUT2D eigenvalue weighted by molar-refractivity contribution is 5.70. The maximum atomic E-state index is 10.8. The summed E-state index contributed by atoms with van der Waals surface area (Å²) < 4.78 is 5.92. The molecule has 0 spiro atoms. The second-order valence-electron chi connectivity index (χ2n) is 3.04. The van der Waals surface area contributed by atoms with Crippen molar-refractivity contribution in [2.75, 3.05) is 19.0 Å². The van der Waals surface area contributed by atoms with Gasteiger partial charge in [0.1, 0.15) is 0 Å². The number of hydrogen-bond donors (Lipinski definition) is 1. The number of nitrogens with zero attached hydrogens (tertiary/aromatic N) is 3. The molecule has 0 aromatic carbocycles. The van der Waals surface area contributed by atoms with Crippen molar-refractivity contribution in [1.82, 2.24) is 9.55 Å². The first-order chi connectivity index (χ1) is 7.56. The minimum Gasteiger partial charge on any atom is -0.469 e. The van der Waals surface area contributed by atoms with E-state index >= 15 is 0 Å². The summed E-state index contributed by atoms with van der Waals surface area (Å²) in [7, 11) is 2.91. The topological polar surface area (TPSA) is 99.3 Å². The number of nitrogens with one attached hydrogen (secondary N) is 1. The van der Waals surface area contributed by atoms with Crippen LogP contribution in [0, 0.1) is 10.1 Å². The number of aromatic nitrogens is 2. The van der Waals surface area contributed by atoms with Crippen molar-refractivity contribution < 1.29 is 14.5 Å². The standard InChI is InChI=1S/C8H12N4O4/c1-11-5-10-8(12(14)15)7(11)9-4-3-6(13)16-2/h5,9H,3-4H2,1-2H3. The maximum absolute atomic E-state index is 10.8. The van der Waals surface area contributed by atoms with Gasteiger partial charge in [-0.3, -0.25) is 9.36 Å². The molecule has 1 aromatic heterocycles. The molecule has 8 heteroatoms. The largest absolute Gasteiger partial charge is 0.469 e. The SMILES string of the molecule is COC(=O)CCNc1c([N+](=O)[O-])ncn1C. The first kappa shape index (κ1) is 12.0. The lowest BCUT2D eigenvalue weighted by molar-refractivity contribution is -0.388. The Morgan fingerprint density at radius 2 is 2.44 bits per heavy atom. The number of nitro groups is 1. The Balaban J connectivity index is 2.62. The number of rotatable bonds is 5. The smallest absolute Gasteiger partial charge is 0.406 e. The molecule has 0 atom stereocenters. The predicted molar refractivity (Wildman–Crippen MR) is 55.0 cm³/mol. The first-order valence-electron chi connectivity index (χ1n) is 4.52. The van der Waals surface area contributed by atoms with Gasteiger partial charge in [-0.1, -0.05) is 0 Å². The van der Waals surface area contributed by atoms with E-state index in [1.165, 1.54) is 18.0 Å². The van der Waals surface area contributed by atoms with Crippen LogP contribution in [0.5, 0.6) is 0 Å². The lowest BCUT2D eigenvalue weighted by atomic mass is 10.4. The number of carbonyl (C=O) groups excluding carboxylic acids is 1. The van der Waals surface area contributed by atoms with E-state index in [0.717, 1.165) is 0 Å². The molecule has 1 heterocycles. The molecule has 16 heavy (non-hydrogen) atoms. The van der Waals surface area contributed by atoms with Crippen molar-refractivity contribution in [2.45, 2.75) is 6.42 Å². The Morgan fingerprint density at radius 1 is 1.75 bits per heavy atom. The van der Waals surface area contributed by atoms with Gasteiger partial charge in [0.2, 0.25) is 12.1 Å². The molecule has 0 radical (unpaired) electrons. The molecule has 0 aliphatic heterocycles. The summed E-state index contributed by atoms with van der Waals surface area (Å²) in [5.41, 5.74) is 0. The van der Waals surface area contributed by atoms with Crippen molar-refractivity contribution in [3.63, 3.8) is 0 Å². The molecule has 1 rings (SSSR count). The zero-order chi connectivity index (χ0) is 12.1. The number of anilines is 1. The normalized spacial score (nSPS) is 9.88. The molecule has 0 aliphatic rings. The summed E-state index contributed by atoms with van der Waals surface area (Å²) in [6.45, 7) is 0.257. The van der Waals surface area contributed by atoms with Gasteiger partial charge < -0.3 is 20.2 Å². The van der Waals surface area contributed by atoms with Crippen molar-refractivity contribution in [2.24, 2.45) is 7.05 Å². The number of methoxy groups -OCH3 is 1. The van der Waals surface area contributed by atoms with Gasteiger partial charge in [0.05, 0.1) is 13.5 Å². The van der Waals surface area contributed by atoms with Crippen molar-refractivity contribution in [1.29, 1.82) is 0 Å². The molecular weight excluding hydrogens is 216 g/mol. The van der Waals surface area contributed by atoms with Crippen LogP contribution in [-0.2, 0) is 16.6 Å². The van der Waals surface area contributed by atoms with E-state index in [4.69, 9.17) is 0 Å². The predicted octanol–water partition coefficient (Wildman–Crippen LogP) is 0.303. The lowest BCUT2D eigenvalue weighted by Gasteiger charge is -2.04. The monoisotopic (exact) mass is 228 g/mol. The van der Waals surface area contributed by atoms with Gasteiger partial charge >= 0.3 is 11.8 Å². The fraction of sp³-hybridized carbons (Fsp3) is 0.500. The molecule has 0 amide bonds. The van der Waals surface area contributed by atoms with E-state index in [1.807, 2.05) is 0 Å². The molecule has 0 fully saturated rings. The van der Waals surface area contributed by atoms with Crippen molar-refractivity contribution in [3.05, 3.63) is 16.4 Å². The summed E-state index contributed by atoms with van der Waals surface area (Å²) in [4.78, 5) is 24.4. The van der Waals surface area contributed by atoms with Gasteiger partial charge in [-0.25, -0.2) is 0 Å². The molecule has 1 aromatic rings. The average Bonchev–Trinajstić information content (AvgIpc) is 2.60. The Hall–Kier alpha value is -2.12. The molecule has 8 nitrogen and oxygen atoms in total. The molecular formula is C8H12N4O4. The second kappa shape index (κ2) is 5.10. The zero-order valence-corrected chi connectivity index (χ0v) is 8.97. The van der Waals surface area contributed by atoms with Crippen LogP contribution in [0.4, 0.5) is 11.6 Å². The summed E-state index contributed by atoms with van der Waals surface area (Å²) >= 11 is 0. The third-order valence-electron chi connectivity index (χ3n) is 1.94. The maximum Gasteiger partial charge on any atom is 0.406 e. The van der Waals surface area contributed by atoms with Crippen LogP contribution in [0.15, 0.2) is 6.33 Å². The number of hydrogen-bond acceptors (Lipinski definition) is 6. The Kier molecular flexibility index (Phi) is 3.81. The van der Waals surface area contributed by atoms with Crippen LogP contribution in [0.3, 0.4) is 0 Å². The van der Waals surface area contributed by atoms with E-state index in [2.05, 4.69) is 15.0 Å². The van der Waals surface area contributed by atoms with Crippen molar-refractivity contribution >= 4 is 17.6 Å².